The van der Waals surface area contributed by atoms with Crippen LogP contribution in [0.25, 0.3) is 0 Å². The normalized spacial score (nSPS) is 20.8. The molecule has 0 bridgehead atoms. The number of fused-ring (bicyclic) bond motifs is 2. The fourth-order valence-corrected chi connectivity index (χ4v) is 4.18. The summed E-state index contributed by atoms with van der Waals surface area (Å²) in [5.74, 6) is -1.18. The van der Waals surface area contributed by atoms with E-state index < -0.39 is 41.3 Å². The standard InChI is InChI=1S/C22H28ClN3O7/c1-21(2,3)32-19(29)25-16(11-17(27)31-4)18(28)26-9-5-8-22(12-26)14-10-13(23)6-7-15(14)24-20(30)33-22/h6-7,10,16H,5,8-9,11-12H2,1-4H3,(H,24,30)(H,25,29)/t16-,22-/m0/s1. The highest BCUT2D eigenvalue weighted by atomic mass is 35.5. The fraction of sp³-hybridized carbons (Fsp3) is 0.545. The van der Waals surface area contributed by atoms with E-state index in [4.69, 9.17) is 25.8 Å². The van der Waals surface area contributed by atoms with Crippen molar-refractivity contribution in [2.45, 2.75) is 57.3 Å². The lowest BCUT2D eigenvalue weighted by Gasteiger charge is -2.45. The van der Waals surface area contributed by atoms with E-state index in [1.165, 1.54) is 12.0 Å². The number of rotatable bonds is 4. The third-order valence-electron chi connectivity index (χ3n) is 5.35. The summed E-state index contributed by atoms with van der Waals surface area (Å²) in [7, 11) is 1.20. The van der Waals surface area contributed by atoms with Gasteiger partial charge in [0.05, 0.1) is 25.8 Å². The second-order valence-corrected chi connectivity index (χ2v) is 9.48. The molecule has 2 atom stereocenters. The van der Waals surface area contributed by atoms with E-state index in [1.807, 2.05) is 0 Å². The van der Waals surface area contributed by atoms with Gasteiger partial charge in [0.2, 0.25) is 5.91 Å². The molecular formula is C22H28ClN3O7. The summed E-state index contributed by atoms with van der Waals surface area (Å²) in [6.45, 7) is 5.46. The number of likely N-dealkylation sites (tertiary alicyclic amines) is 1. The molecule has 1 saturated heterocycles. The maximum Gasteiger partial charge on any atom is 0.412 e. The Balaban J connectivity index is 1.85. The van der Waals surface area contributed by atoms with Gasteiger partial charge >= 0.3 is 18.2 Å². The average Bonchev–Trinajstić information content (AvgIpc) is 2.72. The Morgan fingerprint density at radius 2 is 2.06 bits per heavy atom. The number of anilines is 1. The number of amides is 3. The van der Waals surface area contributed by atoms with E-state index in [1.54, 1.807) is 39.0 Å². The van der Waals surface area contributed by atoms with E-state index in [2.05, 4.69) is 10.6 Å². The van der Waals surface area contributed by atoms with Crippen LogP contribution in [0.15, 0.2) is 18.2 Å². The largest absolute Gasteiger partial charge is 0.469 e. The molecule has 3 rings (SSSR count). The molecular weight excluding hydrogens is 454 g/mol. The molecule has 2 heterocycles. The molecule has 1 spiro atoms. The number of halogens is 1. The molecule has 2 aliphatic rings. The Morgan fingerprint density at radius 3 is 2.73 bits per heavy atom. The Bertz CT molecular complexity index is 962. The van der Waals surface area contributed by atoms with Gasteiger partial charge in [-0.2, -0.15) is 0 Å². The van der Waals surface area contributed by atoms with E-state index in [9.17, 15) is 19.2 Å². The zero-order chi connectivity index (χ0) is 24.4. The van der Waals surface area contributed by atoms with Crippen LogP contribution in [0.5, 0.6) is 0 Å². The number of ether oxygens (including phenoxy) is 3. The molecule has 1 fully saturated rings. The van der Waals surface area contributed by atoms with Gasteiger partial charge in [-0.25, -0.2) is 9.59 Å². The van der Waals surface area contributed by atoms with Crippen molar-refractivity contribution in [3.8, 4) is 0 Å². The molecule has 33 heavy (non-hydrogen) atoms. The van der Waals surface area contributed by atoms with E-state index in [0.717, 1.165) is 0 Å². The number of methoxy groups -OCH3 is 1. The predicted molar refractivity (Wildman–Crippen MR) is 119 cm³/mol. The lowest BCUT2D eigenvalue weighted by atomic mass is 9.83. The summed E-state index contributed by atoms with van der Waals surface area (Å²) in [5, 5.41) is 5.58. The second-order valence-electron chi connectivity index (χ2n) is 9.04. The van der Waals surface area contributed by atoms with Gasteiger partial charge in [0.15, 0.2) is 5.60 Å². The van der Waals surface area contributed by atoms with Crippen molar-refractivity contribution in [3.05, 3.63) is 28.8 Å². The maximum atomic E-state index is 13.4. The first kappa shape index (κ1) is 24.6. The number of nitrogens with zero attached hydrogens (tertiary/aromatic N) is 1. The molecule has 0 radical (unpaired) electrons. The number of nitrogens with one attached hydrogen (secondary N) is 2. The van der Waals surface area contributed by atoms with Crippen molar-refractivity contribution < 1.29 is 33.4 Å². The third-order valence-corrected chi connectivity index (χ3v) is 5.59. The molecule has 2 N–H and O–H groups in total. The highest BCUT2D eigenvalue weighted by molar-refractivity contribution is 6.30. The van der Waals surface area contributed by atoms with Crippen molar-refractivity contribution >= 4 is 41.4 Å². The first-order chi connectivity index (χ1) is 15.4. The van der Waals surface area contributed by atoms with Crippen molar-refractivity contribution in [2.24, 2.45) is 0 Å². The van der Waals surface area contributed by atoms with Gasteiger partial charge in [0.1, 0.15) is 11.6 Å². The summed E-state index contributed by atoms with van der Waals surface area (Å²) in [6, 6.07) is 3.83. The van der Waals surface area contributed by atoms with Gasteiger partial charge < -0.3 is 24.4 Å². The lowest BCUT2D eigenvalue weighted by Crippen LogP contribution is -2.57. The topological polar surface area (TPSA) is 123 Å². The van der Waals surface area contributed by atoms with Crippen molar-refractivity contribution in [1.29, 1.82) is 0 Å². The summed E-state index contributed by atoms with van der Waals surface area (Å²) in [5.41, 5.74) is -0.664. The monoisotopic (exact) mass is 481 g/mol. The average molecular weight is 482 g/mol. The van der Waals surface area contributed by atoms with E-state index in [0.29, 0.717) is 35.7 Å². The second kappa shape index (κ2) is 9.46. The zero-order valence-corrected chi connectivity index (χ0v) is 19.8. The molecule has 1 aromatic rings. The number of benzene rings is 1. The molecule has 3 amide bonds. The number of carbonyl (C=O) groups is 4. The Hall–Kier alpha value is -3.01. The van der Waals surface area contributed by atoms with Crippen LogP contribution in [0, 0.1) is 0 Å². The van der Waals surface area contributed by atoms with Crippen molar-refractivity contribution in [3.63, 3.8) is 0 Å². The van der Waals surface area contributed by atoms with Crippen LogP contribution in [-0.2, 0) is 29.4 Å². The van der Waals surface area contributed by atoms with E-state index >= 15 is 0 Å². The first-order valence-electron chi connectivity index (χ1n) is 10.6. The molecule has 2 aliphatic heterocycles. The Labute approximate surface area is 196 Å². The summed E-state index contributed by atoms with van der Waals surface area (Å²) < 4.78 is 15.6. The summed E-state index contributed by atoms with van der Waals surface area (Å²) in [4.78, 5) is 51.4. The maximum absolute atomic E-state index is 13.4. The highest BCUT2D eigenvalue weighted by Gasteiger charge is 2.47. The molecule has 11 heteroatoms. The quantitative estimate of drug-likeness (QED) is 0.500. The van der Waals surface area contributed by atoms with Gasteiger partial charge in [0.25, 0.3) is 0 Å². The third kappa shape index (κ3) is 5.87. The zero-order valence-electron chi connectivity index (χ0n) is 19.0. The number of carbonyl (C=O) groups excluding carboxylic acids is 4. The van der Waals surface area contributed by atoms with Crippen LogP contribution < -0.4 is 10.6 Å². The molecule has 180 valence electrons. The minimum Gasteiger partial charge on any atom is -0.469 e. The summed E-state index contributed by atoms with van der Waals surface area (Å²) in [6.07, 6.45) is -0.817. The van der Waals surface area contributed by atoms with Crippen LogP contribution in [0.1, 0.15) is 45.6 Å². The highest BCUT2D eigenvalue weighted by Crippen LogP contribution is 2.43. The van der Waals surface area contributed by atoms with Crippen LogP contribution in [0.2, 0.25) is 5.02 Å². The smallest absolute Gasteiger partial charge is 0.412 e. The van der Waals surface area contributed by atoms with Crippen LogP contribution >= 0.6 is 11.6 Å². The van der Waals surface area contributed by atoms with Gasteiger partial charge in [0, 0.05) is 17.1 Å². The SMILES string of the molecule is COC(=O)C[C@H](NC(=O)OC(C)(C)C)C(=O)N1CCC[C@@]2(C1)OC(=O)Nc1ccc(Cl)cc12. The minimum absolute atomic E-state index is 0.0419. The summed E-state index contributed by atoms with van der Waals surface area (Å²) >= 11 is 6.19. The Morgan fingerprint density at radius 1 is 1.33 bits per heavy atom. The van der Waals surface area contributed by atoms with Gasteiger partial charge in [-0.15, -0.1) is 0 Å². The van der Waals surface area contributed by atoms with Crippen LogP contribution in [-0.4, -0.2) is 60.8 Å². The fourth-order valence-electron chi connectivity index (χ4n) is 4.00. The molecule has 0 aliphatic carbocycles. The van der Waals surface area contributed by atoms with Gasteiger partial charge in [-0.05, 0) is 51.8 Å². The minimum atomic E-state index is -1.21. The van der Waals surface area contributed by atoms with Crippen LogP contribution in [0.4, 0.5) is 15.3 Å². The number of hydrogen-bond donors (Lipinski definition) is 2. The van der Waals surface area contributed by atoms with Crippen molar-refractivity contribution in [2.75, 3.05) is 25.5 Å². The Kier molecular flexibility index (Phi) is 7.06. The lowest BCUT2D eigenvalue weighted by molar-refractivity contribution is -0.148. The number of piperidine rings is 1. The molecule has 0 saturated carbocycles. The predicted octanol–water partition coefficient (Wildman–Crippen LogP) is 3.18. The molecule has 10 nitrogen and oxygen atoms in total. The molecule has 0 unspecified atom stereocenters. The van der Waals surface area contributed by atoms with E-state index in [-0.39, 0.29) is 13.0 Å². The first-order valence-corrected chi connectivity index (χ1v) is 11.0. The van der Waals surface area contributed by atoms with Crippen LogP contribution in [0.3, 0.4) is 0 Å². The van der Waals surface area contributed by atoms with Gasteiger partial charge in [-0.1, -0.05) is 11.6 Å². The molecule has 0 aromatic heterocycles. The number of esters is 1. The number of hydrogen-bond acceptors (Lipinski definition) is 7. The van der Waals surface area contributed by atoms with Gasteiger partial charge in [-0.3, -0.25) is 14.9 Å². The molecule has 1 aromatic carbocycles. The number of alkyl carbamates (subject to hydrolysis) is 1. The van der Waals surface area contributed by atoms with Crippen molar-refractivity contribution in [1.82, 2.24) is 10.2 Å².